The maximum absolute atomic E-state index is 12.2. The summed E-state index contributed by atoms with van der Waals surface area (Å²) >= 11 is 0. The normalized spacial score (nSPS) is 20.1. The van der Waals surface area contributed by atoms with Crippen LogP contribution in [-0.4, -0.2) is 96.4 Å². The number of nitrogens with zero attached hydrogens (tertiary/aromatic N) is 2. The van der Waals surface area contributed by atoms with E-state index in [0.29, 0.717) is 13.2 Å². The Hall–Kier alpha value is -1.71. The summed E-state index contributed by atoms with van der Waals surface area (Å²) in [5, 5.41) is 18.0. The average Bonchev–Trinajstić information content (AvgIpc) is 2.59. The number of hydrogen-bond acceptors (Lipinski definition) is 6. The summed E-state index contributed by atoms with van der Waals surface area (Å²) in [5.41, 5.74) is 0. The molecule has 0 spiro atoms. The summed E-state index contributed by atoms with van der Waals surface area (Å²) in [7, 11) is 0. The molecule has 2 saturated heterocycles. The van der Waals surface area contributed by atoms with Crippen molar-refractivity contribution in [2.75, 3.05) is 52.4 Å². The fraction of sp³-hybridized carbons (Fsp3) is 0.824. The molecule has 0 aromatic carbocycles. The molecule has 0 saturated carbocycles. The number of nitrogens with one attached hydrogen (secondary N) is 1. The van der Waals surface area contributed by atoms with Crippen LogP contribution in [0.15, 0.2) is 0 Å². The topological polar surface area (TPSA) is 119 Å². The van der Waals surface area contributed by atoms with Crippen LogP contribution in [0.1, 0.15) is 33.6 Å². The van der Waals surface area contributed by atoms with Gasteiger partial charge in [-0.25, -0.2) is 0 Å². The van der Waals surface area contributed by atoms with Gasteiger partial charge in [0.1, 0.15) is 6.10 Å². The number of amides is 1. The molecular weight excluding hydrogens is 342 g/mol. The van der Waals surface area contributed by atoms with Crippen molar-refractivity contribution < 1.29 is 29.3 Å². The number of carboxylic acid groups (broad SMARTS) is 2. The Labute approximate surface area is 155 Å². The van der Waals surface area contributed by atoms with Gasteiger partial charge >= 0.3 is 0 Å². The van der Waals surface area contributed by atoms with Crippen molar-refractivity contribution in [3.8, 4) is 0 Å². The number of carboxylic acids is 2. The van der Waals surface area contributed by atoms with Crippen molar-refractivity contribution in [2.24, 2.45) is 0 Å². The van der Waals surface area contributed by atoms with Gasteiger partial charge in [-0.2, -0.15) is 0 Å². The smallest absolute Gasteiger partial charge is 0.300 e. The van der Waals surface area contributed by atoms with Gasteiger partial charge in [0.05, 0.1) is 6.61 Å². The summed E-state index contributed by atoms with van der Waals surface area (Å²) < 4.78 is 5.52. The standard InChI is InChI=1S/C13H25N3O2.2C2H4O2/c1-2-3-5-15-6-8-16(9-7-15)13(17)12-11-14-4-10-18-12;2*1-2(3)4/h12,14H,2-11H2,1H3;2*1H3,(H,3,4). The number of carbonyl (C=O) groups excluding carboxylic acids is 1. The Balaban J connectivity index is 0.000000662. The minimum atomic E-state index is -0.833. The lowest BCUT2D eigenvalue weighted by Gasteiger charge is -2.37. The van der Waals surface area contributed by atoms with Gasteiger partial charge in [-0.05, 0) is 13.0 Å². The van der Waals surface area contributed by atoms with Gasteiger partial charge in [0.25, 0.3) is 17.8 Å². The van der Waals surface area contributed by atoms with Crippen LogP contribution < -0.4 is 5.32 Å². The molecule has 0 aromatic rings. The fourth-order valence-corrected chi connectivity index (χ4v) is 2.50. The lowest BCUT2D eigenvalue weighted by Crippen LogP contribution is -2.55. The highest BCUT2D eigenvalue weighted by atomic mass is 16.5. The van der Waals surface area contributed by atoms with Crippen molar-refractivity contribution in [3.05, 3.63) is 0 Å². The molecule has 1 amide bonds. The molecule has 9 nitrogen and oxygen atoms in total. The maximum Gasteiger partial charge on any atom is 0.300 e. The second kappa shape index (κ2) is 14.5. The predicted molar refractivity (Wildman–Crippen MR) is 97.2 cm³/mol. The van der Waals surface area contributed by atoms with Crippen molar-refractivity contribution in [1.82, 2.24) is 15.1 Å². The largest absolute Gasteiger partial charge is 0.481 e. The molecule has 9 heteroatoms. The van der Waals surface area contributed by atoms with Crippen molar-refractivity contribution in [1.29, 1.82) is 0 Å². The van der Waals surface area contributed by atoms with Crippen LogP contribution in [0.2, 0.25) is 0 Å². The Bertz CT molecular complexity index is 399. The molecule has 2 aliphatic rings. The number of rotatable bonds is 4. The molecule has 2 aliphatic heterocycles. The van der Waals surface area contributed by atoms with Crippen LogP contribution in [0.3, 0.4) is 0 Å². The van der Waals surface area contributed by atoms with Gasteiger partial charge in [0, 0.05) is 53.1 Å². The van der Waals surface area contributed by atoms with Crippen LogP contribution in [-0.2, 0) is 19.1 Å². The minimum absolute atomic E-state index is 0.164. The first-order valence-corrected chi connectivity index (χ1v) is 9.00. The van der Waals surface area contributed by atoms with Crippen molar-refractivity contribution >= 4 is 17.8 Å². The van der Waals surface area contributed by atoms with E-state index >= 15 is 0 Å². The maximum atomic E-state index is 12.2. The van der Waals surface area contributed by atoms with Gasteiger partial charge in [0.2, 0.25) is 0 Å². The zero-order chi connectivity index (χ0) is 19.9. The number of unbranched alkanes of at least 4 members (excludes halogenated alkanes) is 1. The molecule has 0 aliphatic carbocycles. The van der Waals surface area contributed by atoms with E-state index in [2.05, 4.69) is 17.1 Å². The summed E-state index contributed by atoms with van der Waals surface area (Å²) in [6.07, 6.45) is 2.23. The monoisotopic (exact) mass is 375 g/mol. The van der Waals surface area contributed by atoms with E-state index in [1.54, 1.807) is 0 Å². The number of carbonyl (C=O) groups is 3. The third-order valence-corrected chi connectivity index (χ3v) is 3.71. The van der Waals surface area contributed by atoms with Crippen LogP contribution >= 0.6 is 0 Å². The Kier molecular flexibility index (Phi) is 13.5. The van der Waals surface area contributed by atoms with Crippen LogP contribution in [0.25, 0.3) is 0 Å². The van der Waals surface area contributed by atoms with Gasteiger partial charge in [-0.15, -0.1) is 0 Å². The zero-order valence-corrected chi connectivity index (χ0v) is 16.1. The molecule has 0 aromatic heterocycles. The second-order valence-corrected chi connectivity index (χ2v) is 6.12. The molecule has 0 bridgehead atoms. The van der Waals surface area contributed by atoms with E-state index in [-0.39, 0.29) is 12.0 Å². The first kappa shape index (κ1) is 24.3. The predicted octanol–water partition coefficient (Wildman–Crippen LogP) is 0.101. The SMILES string of the molecule is CC(=O)O.CC(=O)O.CCCCN1CCN(C(=O)C2CNCCO2)CC1. The number of morpholine rings is 1. The molecule has 2 heterocycles. The molecule has 0 radical (unpaired) electrons. The number of ether oxygens (including phenoxy) is 1. The lowest BCUT2D eigenvalue weighted by atomic mass is 10.2. The third-order valence-electron chi connectivity index (χ3n) is 3.71. The molecule has 2 fully saturated rings. The molecule has 26 heavy (non-hydrogen) atoms. The van der Waals surface area contributed by atoms with Gasteiger partial charge in [-0.1, -0.05) is 13.3 Å². The Morgan fingerprint density at radius 2 is 1.62 bits per heavy atom. The van der Waals surface area contributed by atoms with E-state index in [0.717, 1.165) is 46.6 Å². The first-order chi connectivity index (χ1) is 12.3. The van der Waals surface area contributed by atoms with Crippen LogP contribution in [0.5, 0.6) is 0 Å². The molecule has 1 unspecified atom stereocenters. The number of hydrogen-bond donors (Lipinski definition) is 3. The van der Waals surface area contributed by atoms with E-state index in [1.807, 2.05) is 4.90 Å². The highest BCUT2D eigenvalue weighted by molar-refractivity contribution is 5.81. The Morgan fingerprint density at radius 1 is 1.08 bits per heavy atom. The zero-order valence-electron chi connectivity index (χ0n) is 16.1. The highest BCUT2D eigenvalue weighted by Gasteiger charge is 2.28. The molecule has 152 valence electrons. The number of aliphatic carboxylic acids is 2. The van der Waals surface area contributed by atoms with E-state index in [4.69, 9.17) is 24.5 Å². The summed E-state index contributed by atoms with van der Waals surface area (Å²) in [5.74, 6) is -1.50. The highest BCUT2D eigenvalue weighted by Crippen LogP contribution is 2.08. The van der Waals surface area contributed by atoms with Crippen molar-refractivity contribution in [2.45, 2.75) is 39.7 Å². The van der Waals surface area contributed by atoms with E-state index in [1.165, 1.54) is 19.4 Å². The lowest BCUT2D eigenvalue weighted by molar-refractivity contribution is -0.147. The summed E-state index contributed by atoms with van der Waals surface area (Å²) in [4.78, 5) is 34.6. The fourth-order valence-electron chi connectivity index (χ4n) is 2.50. The van der Waals surface area contributed by atoms with E-state index in [9.17, 15) is 4.79 Å². The van der Waals surface area contributed by atoms with E-state index < -0.39 is 11.9 Å². The second-order valence-electron chi connectivity index (χ2n) is 6.12. The first-order valence-electron chi connectivity index (χ1n) is 9.00. The third kappa shape index (κ3) is 12.6. The van der Waals surface area contributed by atoms with Gasteiger partial charge in [-0.3, -0.25) is 19.3 Å². The van der Waals surface area contributed by atoms with Gasteiger partial charge in [0.15, 0.2) is 0 Å². The quantitative estimate of drug-likeness (QED) is 0.633. The summed E-state index contributed by atoms with van der Waals surface area (Å²) in [6.45, 7) is 11.4. The molecular formula is C17H33N3O6. The minimum Gasteiger partial charge on any atom is -0.481 e. The Morgan fingerprint density at radius 3 is 2.04 bits per heavy atom. The molecule has 3 N–H and O–H groups in total. The molecule has 1 atom stereocenters. The van der Waals surface area contributed by atoms with Gasteiger partial charge < -0.3 is 25.2 Å². The van der Waals surface area contributed by atoms with Crippen LogP contribution in [0, 0.1) is 0 Å². The summed E-state index contributed by atoms with van der Waals surface area (Å²) in [6, 6.07) is 0. The van der Waals surface area contributed by atoms with Crippen molar-refractivity contribution in [3.63, 3.8) is 0 Å². The molecule has 2 rings (SSSR count). The number of piperazine rings is 1. The van der Waals surface area contributed by atoms with Crippen LogP contribution in [0.4, 0.5) is 0 Å². The average molecular weight is 375 g/mol.